The molecule has 5 heteroatoms. The van der Waals surface area contributed by atoms with Gasteiger partial charge in [0.05, 0.1) is 28.3 Å². The molecule has 2 aromatic carbocycles. The molecule has 0 bridgehead atoms. The van der Waals surface area contributed by atoms with Crippen LogP contribution in [0.1, 0.15) is 5.82 Å². The van der Waals surface area contributed by atoms with Gasteiger partial charge in [-0.3, -0.25) is 4.57 Å². The first-order valence-electron chi connectivity index (χ1n) is 6.93. The summed E-state index contributed by atoms with van der Waals surface area (Å²) < 4.78 is 1.90. The second-order valence-electron chi connectivity index (χ2n) is 4.85. The zero-order valence-corrected chi connectivity index (χ0v) is 11.8. The van der Waals surface area contributed by atoms with Gasteiger partial charge in [-0.15, -0.1) is 0 Å². The molecule has 4 aromatic rings. The summed E-state index contributed by atoms with van der Waals surface area (Å²) in [6.07, 6.45) is 3.43. The Kier molecular flexibility index (Phi) is 2.83. The monoisotopic (exact) mass is 287 g/mol. The molecule has 0 aliphatic heterocycles. The van der Waals surface area contributed by atoms with Gasteiger partial charge in [-0.25, -0.2) is 15.0 Å². The van der Waals surface area contributed by atoms with Crippen LogP contribution in [0.5, 0.6) is 0 Å². The SMILES string of the molecule is C=Cn1c(C=Nc2nc3ccccc3[nH]2)nc2ccccc21. The summed E-state index contributed by atoms with van der Waals surface area (Å²) in [5, 5.41) is 0. The van der Waals surface area contributed by atoms with Crippen molar-refractivity contribution >= 4 is 40.4 Å². The summed E-state index contributed by atoms with van der Waals surface area (Å²) in [6, 6.07) is 15.7. The van der Waals surface area contributed by atoms with E-state index in [4.69, 9.17) is 0 Å². The van der Waals surface area contributed by atoms with Gasteiger partial charge in [-0.2, -0.15) is 0 Å². The average molecular weight is 287 g/mol. The summed E-state index contributed by atoms with van der Waals surface area (Å²) in [5.74, 6) is 1.28. The van der Waals surface area contributed by atoms with Gasteiger partial charge in [-0.05, 0) is 24.3 Å². The Bertz CT molecular complexity index is 973. The number of aromatic nitrogens is 4. The molecule has 0 saturated carbocycles. The van der Waals surface area contributed by atoms with Crippen molar-refractivity contribution < 1.29 is 0 Å². The molecule has 5 nitrogen and oxygen atoms in total. The first-order valence-corrected chi connectivity index (χ1v) is 6.93. The van der Waals surface area contributed by atoms with E-state index in [0.29, 0.717) is 5.95 Å². The third-order valence-electron chi connectivity index (χ3n) is 3.48. The Morgan fingerprint density at radius 3 is 2.59 bits per heavy atom. The zero-order valence-electron chi connectivity index (χ0n) is 11.8. The van der Waals surface area contributed by atoms with E-state index in [1.54, 1.807) is 12.4 Å². The maximum atomic E-state index is 4.55. The summed E-state index contributed by atoms with van der Waals surface area (Å²) in [4.78, 5) is 16.5. The molecular weight excluding hydrogens is 274 g/mol. The van der Waals surface area contributed by atoms with E-state index >= 15 is 0 Å². The molecule has 0 saturated heterocycles. The van der Waals surface area contributed by atoms with Crippen LogP contribution in [0.3, 0.4) is 0 Å². The highest BCUT2D eigenvalue weighted by molar-refractivity contribution is 5.88. The van der Waals surface area contributed by atoms with Crippen LogP contribution in [0.4, 0.5) is 5.95 Å². The van der Waals surface area contributed by atoms with E-state index in [2.05, 4.69) is 26.5 Å². The molecule has 0 aliphatic carbocycles. The largest absolute Gasteiger partial charge is 0.322 e. The molecular formula is C17H13N5. The Labute approximate surface area is 126 Å². The number of aliphatic imine (C=N–C) groups is 1. The van der Waals surface area contributed by atoms with Crippen molar-refractivity contribution in [1.82, 2.24) is 19.5 Å². The third-order valence-corrected chi connectivity index (χ3v) is 3.48. The Hall–Kier alpha value is -3.21. The van der Waals surface area contributed by atoms with Crippen molar-refractivity contribution in [3.63, 3.8) is 0 Å². The number of fused-ring (bicyclic) bond motifs is 2. The second-order valence-corrected chi connectivity index (χ2v) is 4.85. The molecule has 0 radical (unpaired) electrons. The number of aromatic amines is 1. The first-order chi connectivity index (χ1) is 10.8. The standard InChI is InChI=1S/C17H13N5/c1-2-22-15-10-6-5-9-14(15)19-16(22)11-18-17-20-12-7-3-4-8-13(12)21-17/h2-11H,1H2,(H,20,21). The number of hydrogen-bond donors (Lipinski definition) is 1. The van der Waals surface area contributed by atoms with Gasteiger partial charge in [0.2, 0.25) is 5.95 Å². The normalized spacial score (nSPS) is 11.6. The highest BCUT2D eigenvalue weighted by Gasteiger charge is 2.06. The van der Waals surface area contributed by atoms with Crippen molar-refractivity contribution in [3.05, 3.63) is 60.9 Å². The van der Waals surface area contributed by atoms with Crippen LogP contribution in [0.15, 0.2) is 60.1 Å². The highest BCUT2D eigenvalue weighted by Crippen LogP contribution is 2.17. The molecule has 1 N–H and O–H groups in total. The number of rotatable bonds is 3. The molecule has 106 valence electrons. The van der Waals surface area contributed by atoms with Crippen LogP contribution in [-0.2, 0) is 0 Å². The van der Waals surface area contributed by atoms with Crippen molar-refractivity contribution in [1.29, 1.82) is 0 Å². The number of benzene rings is 2. The lowest BCUT2D eigenvalue weighted by Crippen LogP contribution is -1.94. The van der Waals surface area contributed by atoms with E-state index in [1.807, 2.05) is 53.1 Å². The minimum Gasteiger partial charge on any atom is -0.322 e. The molecule has 0 fully saturated rings. The topological polar surface area (TPSA) is 58.9 Å². The van der Waals surface area contributed by atoms with Crippen LogP contribution < -0.4 is 0 Å². The summed E-state index contributed by atoms with van der Waals surface area (Å²) in [7, 11) is 0. The maximum Gasteiger partial charge on any atom is 0.227 e. The lowest BCUT2D eigenvalue weighted by Gasteiger charge is -1.96. The number of H-pyrrole nitrogens is 1. The fourth-order valence-corrected chi connectivity index (χ4v) is 2.47. The molecule has 4 rings (SSSR count). The summed E-state index contributed by atoms with van der Waals surface area (Å²) in [6.45, 7) is 3.84. The first kappa shape index (κ1) is 12.5. The number of para-hydroxylation sites is 4. The average Bonchev–Trinajstić information content (AvgIpc) is 3.12. The van der Waals surface area contributed by atoms with Gasteiger partial charge in [0.1, 0.15) is 0 Å². The van der Waals surface area contributed by atoms with Crippen molar-refractivity contribution in [2.24, 2.45) is 4.99 Å². The van der Waals surface area contributed by atoms with Crippen LogP contribution in [0, 0.1) is 0 Å². The third kappa shape index (κ3) is 2.00. The fourth-order valence-electron chi connectivity index (χ4n) is 2.47. The summed E-state index contributed by atoms with van der Waals surface area (Å²) in [5.41, 5.74) is 3.77. The van der Waals surface area contributed by atoms with Gasteiger partial charge in [0, 0.05) is 6.20 Å². The van der Waals surface area contributed by atoms with Gasteiger partial charge in [0.25, 0.3) is 0 Å². The van der Waals surface area contributed by atoms with Gasteiger partial charge >= 0.3 is 0 Å². The maximum absolute atomic E-state index is 4.55. The fraction of sp³-hybridized carbons (Fsp3) is 0. The van der Waals surface area contributed by atoms with Crippen LogP contribution in [0.25, 0.3) is 28.3 Å². The van der Waals surface area contributed by atoms with E-state index in [-0.39, 0.29) is 0 Å². The summed E-state index contributed by atoms with van der Waals surface area (Å²) >= 11 is 0. The van der Waals surface area contributed by atoms with E-state index in [9.17, 15) is 0 Å². The Morgan fingerprint density at radius 2 is 1.77 bits per heavy atom. The minimum absolute atomic E-state index is 0.559. The van der Waals surface area contributed by atoms with Crippen molar-refractivity contribution in [2.75, 3.05) is 0 Å². The van der Waals surface area contributed by atoms with E-state index < -0.39 is 0 Å². The molecule has 0 atom stereocenters. The molecule has 0 unspecified atom stereocenters. The lowest BCUT2D eigenvalue weighted by molar-refractivity contribution is 1.14. The number of nitrogens with one attached hydrogen (secondary N) is 1. The van der Waals surface area contributed by atoms with Crippen LogP contribution >= 0.6 is 0 Å². The molecule has 22 heavy (non-hydrogen) atoms. The molecule has 0 spiro atoms. The van der Waals surface area contributed by atoms with Gasteiger partial charge < -0.3 is 4.98 Å². The predicted octanol–water partition coefficient (Wildman–Crippen LogP) is 3.76. The molecule has 0 amide bonds. The molecule has 2 aromatic heterocycles. The number of nitrogens with zero attached hydrogens (tertiary/aromatic N) is 4. The van der Waals surface area contributed by atoms with Crippen LogP contribution in [0.2, 0.25) is 0 Å². The Balaban J connectivity index is 1.77. The van der Waals surface area contributed by atoms with Gasteiger partial charge in [0.15, 0.2) is 5.82 Å². The van der Waals surface area contributed by atoms with Gasteiger partial charge in [-0.1, -0.05) is 30.8 Å². The minimum atomic E-state index is 0.559. The number of hydrogen-bond acceptors (Lipinski definition) is 3. The van der Waals surface area contributed by atoms with Crippen molar-refractivity contribution in [2.45, 2.75) is 0 Å². The van der Waals surface area contributed by atoms with Crippen molar-refractivity contribution in [3.8, 4) is 0 Å². The van der Waals surface area contributed by atoms with E-state index in [0.717, 1.165) is 27.9 Å². The van der Waals surface area contributed by atoms with E-state index in [1.165, 1.54) is 0 Å². The zero-order chi connectivity index (χ0) is 14.9. The van der Waals surface area contributed by atoms with Crippen LogP contribution in [-0.4, -0.2) is 25.7 Å². The predicted molar refractivity (Wildman–Crippen MR) is 89.5 cm³/mol. The Morgan fingerprint density at radius 1 is 1.00 bits per heavy atom. The number of imidazole rings is 2. The smallest absolute Gasteiger partial charge is 0.227 e. The lowest BCUT2D eigenvalue weighted by atomic mass is 10.3. The second kappa shape index (κ2) is 4.96. The quantitative estimate of drug-likeness (QED) is 0.583. The molecule has 2 heterocycles. The highest BCUT2D eigenvalue weighted by atomic mass is 15.1. The molecule has 0 aliphatic rings.